The van der Waals surface area contributed by atoms with Crippen LogP contribution < -0.4 is 4.74 Å². The Morgan fingerprint density at radius 2 is 2.35 bits per heavy atom. The van der Waals surface area contributed by atoms with E-state index in [1.54, 1.807) is 18.1 Å². The number of carbonyl (C=O) groups is 1. The monoisotopic (exact) mass is 294 g/mol. The number of nitrogens with zero attached hydrogens (tertiary/aromatic N) is 2. The summed E-state index contributed by atoms with van der Waals surface area (Å²) in [6, 6.07) is 5.70. The Bertz CT molecular complexity index is 491. The third-order valence-corrected chi connectivity index (χ3v) is 3.24. The van der Waals surface area contributed by atoms with E-state index < -0.39 is 0 Å². The second-order valence-electron chi connectivity index (χ2n) is 3.78. The molecular weight excluding hydrogens is 284 g/mol. The fraction of sp³-hybridized carbons (Fsp3) is 0.333. The molecule has 1 amide bonds. The highest BCUT2D eigenvalue weighted by atomic mass is 79.9. The number of nitriles is 1. The predicted octanol–water partition coefficient (Wildman–Crippen LogP) is 1.98. The minimum Gasteiger partial charge on any atom is -0.496 e. The van der Waals surface area contributed by atoms with Crippen LogP contribution in [0.25, 0.3) is 0 Å². The number of halogens is 1. The van der Waals surface area contributed by atoms with Gasteiger partial charge in [-0.2, -0.15) is 5.26 Å². The van der Waals surface area contributed by atoms with E-state index in [1.807, 2.05) is 12.1 Å². The van der Waals surface area contributed by atoms with Crippen LogP contribution in [0.2, 0.25) is 0 Å². The summed E-state index contributed by atoms with van der Waals surface area (Å²) in [4.78, 5) is 13.7. The van der Waals surface area contributed by atoms with E-state index in [0.717, 1.165) is 16.5 Å². The lowest BCUT2D eigenvalue weighted by atomic mass is 9.98. The first kappa shape index (κ1) is 11.9. The molecule has 0 bridgehead atoms. The van der Waals surface area contributed by atoms with Gasteiger partial charge in [0.2, 0.25) is 0 Å². The average Bonchev–Trinajstić information content (AvgIpc) is 2.31. The Kier molecular flexibility index (Phi) is 3.34. The van der Waals surface area contributed by atoms with Gasteiger partial charge in [0.15, 0.2) is 0 Å². The second-order valence-corrected chi connectivity index (χ2v) is 4.69. The van der Waals surface area contributed by atoms with Gasteiger partial charge in [0, 0.05) is 11.0 Å². The highest BCUT2D eigenvalue weighted by Gasteiger charge is 2.27. The van der Waals surface area contributed by atoms with E-state index in [9.17, 15) is 4.79 Å². The standard InChI is InChI=1S/C12H11BrN2O2/c1-17-10-7-9(13)6-8-2-4-15(5-3-14)12(16)11(8)10/h6-7H,2,4-5H2,1H3. The number of ether oxygens (including phenoxy) is 1. The van der Waals surface area contributed by atoms with Gasteiger partial charge in [-0.1, -0.05) is 15.9 Å². The third kappa shape index (κ3) is 2.13. The van der Waals surface area contributed by atoms with Gasteiger partial charge in [-0.05, 0) is 24.1 Å². The molecule has 1 aromatic carbocycles. The summed E-state index contributed by atoms with van der Waals surface area (Å²) >= 11 is 3.39. The van der Waals surface area contributed by atoms with Crippen LogP contribution in [0, 0.1) is 11.3 Å². The van der Waals surface area contributed by atoms with E-state index in [1.165, 1.54) is 0 Å². The highest BCUT2D eigenvalue weighted by Crippen LogP contribution is 2.31. The Morgan fingerprint density at radius 1 is 1.59 bits per heavy atom. The van der Waals surface area contributed by atoms with Crippen LogP contribution in [0.15, 0.2) is 16.6 Å². The number of amides is 1. The lowest BCUT2D eigenvalue weighted by molar-refractivity contribution is 0.0757. The van der Waals surface area contributed by atoms with Gasteiger partial charge in [-0.15, -0.1) is 0 Å². The molecule has 17 heavy (non-hydrogen) atoms. The van der Waals surface area contributed by atoms with Crippen molar-refractivity contribution in [2.75, 3.05) is 20.2 Å². The van der Waals surface area contributed by atoms with Gasteiger partial charge in [0.05, 0.1) is 18.7 Å². The number of methoxy groups -OCH3 is 1. The summed E-state index contributed by atoms with van der Waals surface area (Å²) in [5.41, 5.74) is 1.55. The van der Waals surface area contributed by atoms with Crippen molar-refractivity contribution in [2.24, 2.45) is 0 Å². The Balaban J connectivity index is 2.48. The van der Waals surface area contributed by atoms with Gasteiger partial charge < -0.3 is 9.64 Å². The number of hydrogen-bond donors (Lipinski definition) is 0. The molecule has 0 unspecified atom stereocenters. The van der Waals surface area contributed by atoms with Crippen molar-refractivity contribution in [1.82, 2.24) is 4.90 Å². The summed E-state index contributed by atoms with van der Waals surface area (Å²) in [5.74, 6) is 0.430. The molecular formula is C12H11BrN2O2. The number of hydrogen-bond acceptors (Lipinski definition) is 3. The zero-order valence-corrected chi connectivity index (χ0v) is 11.0. The van der Waals surface area contributed by atoms with Crippen molar-refractivity contribution < 1.29 is 9.53 Å². The Hall–Kier alpha value is -1.54. The fourth-order valence-electron chi connectivity index (χ4n) is 1.99. The van der Waals surface area contributed by atoms with Crippen molar-refractivity contribution >= 4 is 21.8 Å². The molecule has 0 saturated heterocycles. The van der Waals surface area contributed by atoms with Gasteiger partial charge in [0.1, 0.15) is 12.3 Å². The molecule has 4 nitrogen and oxygen atoms in total. The lowest BCUT2D eigenvalue weighted by Gasteiger charge is -2.27. The lowest BCUT2D eigenvalue weighted by Crippen LogP contribution is -2.38. The number of carbonyl (C=O) groups excluding carboxylic acids is 1. The molecule has 0 spiro atoms. The first-order chi connectivity index (χ1) is 8.17. The largest absolute Gasteiger partial charge is 0.496 e. The highest BCUT2D eigenvalue weighted by molar-refractivity contribution is 9.10. The minimum atomic E-state index is -0.128. The summed E-state index contributed by atoms with van der Waals surface area (Å²) in [7, 11) is 1.54. The van der Waals surface area contributed by atoms with Crippen LogP contribution in [0.1, 0.15) is 15.9 Å². The van der Waals surface area contributed by atoms with Crippen LogP contribution in [-0.4, -0.2) is 31.0 Å². The second kappa shape index (κ2) is 4.76. The van der Waals surface area contributed by atoms with Gasteiger partial charge in [0.25, 0.3) is 5.91 Å². The molecule has 0 aliphatic carbocycles. The van der Waals surface area contributed by atoms with Gasteiger partial charge in [-0.3, -0.25) is 4.79 Å². The van der Waals surface area contributed by atoms with Crippen LogP contribution in [-0.2, 0) is 6.42 Å². The van der Waals surface area contributed by atoms with E-state index in [2.05, 4.69) is 15.9 Å². The molecule has 2 rings (SSSR count). The van der Waals surface area contributed by atoms with Crippen molar-refractivity contribution in [3.8, 4) is 11.8 Å². The molecule has 0 radical (unpaired) electrons. The zero-order valence-electron chi connectivity index (χ0n) is 9.36. The molecule has 0 saturated carbocycles. The molecule has 5 heteroatoms. The van der Waals surface area contributed by atoms with Crippen LogP contribution >= 0.6 is 15.9 Å². The van der Waals surface area contributed by atoms with E-state index in [-0.39, 0.29) is 12.5 Å². The molecule has 0 atom stereocenters. The molecule has 1 aliphatic rings. The molecule has 1 aliphatic heterocycles. The molecule has 88 valence electrons. The summed E-state index contributed by atoms with van der Waals surface area (Å²) in [5, 5.41) is 8.67. The summed E-state index contributed by atoms with van der Waals surface area (Å²) < 4.78 is 6.13. The normalized spacial score (nSPS) is 14.2. The van der Waals surface area contributed by atoms with E-state index in [0.29, 0.717) is 17.9 Å². The summed E-state index contributed by atoms with van der Waals surface area (Å²) in [6.45, 7) is 0.705. The van der Waals surface area contributed by atoms with E-state index >= 15 is 0 Å². The number of rotatable bonds is 2. The predicted molar refractivity (Wildman–Crippen MR) is 65.9 cm³/mol. The van der Waals surface area contributed by atoms with Crippen molar-refractivity contribution in [3.63, 3.8) is 0 Å². The average molecular weight is 295 g/mol. The van der Waals surface area contributed by atoms with Crippen LogP contribution in [0.3, 0.4) is 0 Å². The van der Waals surface area contributed by atoms with Crippen molar-refractivity contribution in [2.45, 2.75) is 6.42 Å². The Labute approximate surface area is 108 Å². The van der Waals surface area contributed by atoms with Crippen LogP contribution in [0.5, 0.6) is 5.75 Å². The quantitative estimate of drug-likeness (QED) is 0.784. The molecule has 1 heterocycles. The fourth-order valence-corrected chi connectivity index (χ4v) is 2.47. The Morgan fingerprint density at radius 3 is 3.00 bits per heavy atom. The minimum absolute atomic E-state index is 0.123. The smallest absolute Gasteiger partial charge is 0.258 e. The van der Waals surface area contributed by atoms with Gasteiger partial charge in [-0.25, -0.2) is 0 Å². The maximum atomic E-state index is 12.2. The molecule has 1 aromatic rings. The van der Waals surface area contributed by atoms with Gasteiger partial charge >= 0.3 is 0 Å². The first-order valence-electron chi connectivity index (χ1n) is 5.20. The molecule has 0 N–H and O–H groups in total. The molecule has 0 fully saturated rings. The maximum absolute atomic E-state index is 12.2. The maximum Gasteiger partial charge on any atom is 0.258 e. The topological polar surface area (TPSA) is 53.3 Å². The third-order valence-electron chi connectivity index (χ3n) is 2.78. The molecule has 0 aromatic heterocycles. The van der Waals surface area contributed by atoms with Crippen molar-refractivity contribution in [3.05, 3.63) is 27.7 Å². The summed E-state index contributed by atoms with van der Waals surface area (Å²) in [6.07, 6.45) is 0.749. The van der Waals surface area contributed by atoms with Crippen LogP contribution in [0.4, 0.5) is 0 Å². The zero-order chi connectivity index (χ0) is 12.4. The van der Waals surface area contributed by atoms with E-state index in [4.69, 9.17) is 10.00 Å². The first-order valence-corrected chi connectivity index (χ1v) is 5.99. The SMILES string of the molecule is COc1cc(Br)cc2c1C(=O)N(CC#N)CC2. The number of fused-ring (bicyclic) bond motifs is 1. The number of benzene rings is 1. The van der Waals surface area contributed by atoms with Crippen molar-refractivity contribution in [1.29, 1.82) is 5.26 Å².